The van der Waals surface area contributed by atoms with Crippen molar-refractivity contribution in [2.75, 3.05) is 19.0 Å². The molecule has 1 saturated carbocycles. The van der Waals surface area contributed by atoms with E-state index in [2.05, 4.69) is 20.6 Å². The molecule has 1 heterocycles. The third kappa shape index (κ3) is 4.33. The van der Waals surface area contributed by atoms with Gasteiger partial charge < -0.3 is 10.1 Å². The Balaban J connectivity index is 1.85. The number of amides is 1. The Hall–Kier alpha value is -1.40. The van der Waals surface area contributed by atoms with Crippen molar-refractivity contribution in [2.45, 2.75) is 31.7 Å². The number of aromatic nitrogens is 2. The highest BCUT2D eigenvalue weighted by Gasteiger charge is 2.15. The molecular formula is C12H17ClN4O2. The van der Waals surface area contributed by atoms with Crippen LogP contribution in [0.5, 0.6) is 5.88 Å². The molecule has 0 aromatic carbocycles. The molecule has 2 N–H and O–H groups in total. The van der Waals surface area contributed by atoms with Crippen molar-refractivity contribution in [3.63, 3.8) is 0 Å². The minimum absolute atomic E-state index is 0.155. The first-order valence-corrected chi connectivity index (χ1v) is 6.67. The molecule has 0 atom stereocenters. The number of nitrogens with zero attached hydrogens (tertiary/aromatic N) is 2. The third-order valence-electron chi connectivity index (χ3n) is 3.04. The van der Waals surface area contributed by atoms with Crippen molar-refractivity contribution >= 4 is 23.5 Å². The highest BCUT2D eigenvalue weighted by Crippen LogP contribution is 2.17. The summed E-state index contributed by atoms with van der Waals surface area (Å²) in [5.74, 6) is 0.290. The predicted molar refractivity (Wildman–Crippen MR) is 72.5 cm³/mol. The zero-order valence-corrected chi connectivity index (χ0v) is 11.5. The maximum absolute atomic E-state index is 11.7. The summed E-state index contributed by atoms with van der Waals surface area (Å²) in [6.45, 7) is 0.253. The number of rotatable bonds is 5. The van der Waals surface area contributed by atoms with Gasteiger partial charge in [0, 0.05) is 12.1 Å². The molecule has 0 unspecified atom stereocenters. The number of hydrogen-bond acceptors (Lipinski definition) is 5. The Morgan fingerprint density at radius 1 is 1.47 bits per heavy atom. The van der Waals surface area contributed by atoms with E-state index in [4.69, 9.17) is 16.3 Å². The smallest absolute Gasteiger partial charge is 0.240 e. The van der Waals surface area contributed by atoms with Gasteiger partial charge in [0.05, 0.1) is 13.7 Å². The molecule has 7 heteroatoms. The van der Waals surface area contributed by atoms with Crippen LogP contribution in [0.15, 0.2) is 6.07 Å². The molecule has 1 aliphatic carbocycles. The van der Waals surface area contributed by atoms with Crippen LogP contribution in [0.4, 0.5) is 5.95 Å². The molecule has 0 spiro atoms. The average Bonchev–Trinajstić information content (AvgIpc) is 2.88. The van der Waals surface area contributed by atoms with E-state index in [1.165, 1.54) is 26.0 Å². The van der Waals surface area contributed by atoms with Gasteiger partial charge in [0.25, 0.3) is 0 Å². The lowest BCUT2D eigenvalue weighted by molar-refractivity contribution is -0.115. The summed E-state index contributed by atoms with van der Waals surface area (Å²) >= 11 is 5.79. The molecule has 1 fully saturated rings. The van der Waals surface area contributed by atoms with Gasteiger partial charge in [0.2, 0.25) is 17.7 Å². The number of methoxy groups -OCH3 is 1. The average molecular weight is 285 g/mol. The van der Waals surface area contributed by atoms with E-state index in [1.54, 1.807) is 0 Å². The second-order valence-corrected chi connectivity index (χ2v) is 4.85. The Morgan fingerprint density at radius 3 is 2.89 bits per heavy atom. The lowest BCUT2D eigenvalue weighted by Crippen LogP contribution is -2.34. The van der Waals surface area contributed by atoms with Crippen LogP contribution in [0.1, 0.15) is 25.7 Å². The largest absolute Gasteiger partial charge is 0.481 e. The van der Waals surface area contributed by atoms with Gasteiger partial charge in [-0.2, -0.15) is 4.98 Å². The van der Waals surface area contributed by atoms with E-state index in [1.807, 2.05) is 0 Å². The second-order valence-electron chi connectivity index (χ2n) is 4.47. The summed E-state index contributed by atoms with van der Waals surface area (Å²) in [5.41, 5.74) is 0. The van der Waals surface area contributed by atoms with Crippen molar-refractivity contribution in [1.82, 2.24) is 15.3 Å². The SMILES string of the molecule is COc1cc(Cl)nc(NC(=O)CNC2CCCC2)n1. The Bertz CT molecular complexity index is 449. The fraction of sp³-hybridized carbons (Fsp3) is 0.583. The van der Waals surface area contributed by atoms with Crippen LogP contribution in [0.25, 0.3) is 0 Å². The highest BCUT2D eigenvalue weighted by atomic mass is 35.5. The number of nitrogens with one attached hydrogen (secondary N) is 2. The number of halogens is 1. The summed E-state index contributed by atoms with van der Waals surface area (Å²) in [6.07, 6.45) is 4.73. The predicted octanol–water partition coefficient (Wildman–Crippen LogP) is 1.61. The molecular weight excluding hydrogens is 268 g/mol. The second kappa shape index (κ2) is 6.68. The van der Waals surface area contributed by atoms with Gasteiger partial charge in [-0.3, -0.25) is 10.1 Å². The quantitative estimate of drug-likeness (QED) is 0.804. The summed E-state index contributed by atoms with van der Waals surface area (Å²) in [6, 6.07) is 1.93. The molecule has 0 aliphatic heterocycles. The maximum atomic E-state index is 11.7. The Labute approximate surface area is 116 Å². The number of ether oxygens (including phenoxy) is 1. The molecule has 6 nitrogen and oxygen atoms in total. The number of carbonyl (C=O) groups is 1. The van der Waals surface area contributed by atoms with Crippen molar-refractivity contribution in [2.24, 2.45) is 0 Å². The van der Waals surface area contributed by atoms with E-state index in [0.29, 0.717) is 11.9 Å². The van der Waals surface area contributed by atoms with E-state index in [0.717, 1.165) is 12.8 Å². The first-order chi connectivity index (χ1) is 9.17. The molecule has 1 aromatic heterocycles. The zero-order valence-electron chi connectivity index (χ0n) is 10.8. The van der Waals surface area contributed by atoms with E-state index in [-0.39, 0.29) is 23.6 Å². The fourth-order valence-electron chi connectivity index (χ4n) is 2.09. The Morgan fingerprint density at radius 2 is 2.21 bits per heavy atom. The van der Waals surface area contributed by atoms with Crippen LogP contribution in [-0.4, -0.2) is 35.6 Å². The van der Waals surface area contributed by atoms with Crippen LogP contribution in [0, 0.1) is 0 Å². The van der Waals surface area contributed by atoms with Crippen molar-refractivity contribution in [3.8, 4) is 5.88 Å². The molecule has 2 rings (SSSR count). The van der Waals surface area contributed by atoms with Crippen molar-refractivity contribution in [3.05, 3.63) is 11.2 Å². The van der Waals surface area contributed by atoms with Crippen LogP contribution in [0.3, 0.4) is 0 Å². The molecule has 0 radical (unpaired) electrons. The lowest BCUT2D eigenvalue weighted by atomic mass is 10.2. The fourth-order valence-corrected chi connectivity index (χ4v) is 2.27. The minimum Gasteiger partial charge on any atom is -0.481 e. The molecule has 1 aromatic rings. The summed E-state index contributed by atoms with van der Waals surface area (Å²) in [5, 5.41) is 6.03. The summed E-state index contributed by atoms with van der Waals surface area (Å²) in [4.78, 5) is 19.7. The van der Waals surface area contributed by atoms with Crippen LogP contribution < -0.4 is 15.4 Å². The maximum Gasteiger partial charge on any atom is 0.240 e. The topological polar surface area (TPSA) is 76.1 Å². The monoisotopic (exact) mass is 284 g/mol. The van der Waals surface area contributed by atoms with Gasteiger partial charge in [0.15, 0.2) is 0 Å². The molecule has 1 aliphatic rings. The highest BCUT2D eigenvalue weighted by molar-refractivity contribution is 6.29. The number of carbonyl (C=O) groups excluding carboxylic acids is 1. The first kappa shape index (κ1) is 14.0. The van der Waals surface area contributed by atoms with Gasteiger partial charge in [-0.15, -0.1) is 0 Å². The summed E-state index contributed by atoms with van der Waals surface area (Å²) in [7, 11) is 1.48. The first-order valence-electron chi connectivity index (χ1n) is 6.29. The van der Waals surface area contributed by atoms with Gasteiger partial charge >= 0.3 is 0 Å². The molecule has 19 heavy (non-hydrogen) atoms. The van der Waals surface area contributed by atoms with Crippen molar-refractivity contribution < 1.29 is 9.53 Å². The van der Waals surface area contributed by atoms with E-state index >= 15 is 0 Å². The molecule has 0 saturated heterocycles. The molecule has 0 bridgehead atoms. The standard InChI is InChI=1S/C12H17ClN4O2/c1-19-11-6-9(13)15-12(17-11)16-10(18)7-14-8-4-2-3-5-8/h6,8,14H,2-5,7H2,1H3,(H,15,16,17,18). The van der Waals surface area contributed by atoms with Gasteiger partial charge in [-0.1, -0.05) is 24.4 Å². The van der Waals surface area contributed by atoms with E-state index < -0.39 is 0 Å². The van der Waals surface area contributed by atoms with Gasteiger partial charge in [-0.05, 0) is 12.8 Å². The zero-order chi connectivity index (χ0) is 13.7. The van der Waals surface area contributed by atoms with Gasteiger partial charge in [-0.25, -0.2) is 4.98 Å². The number of anilines is 1. The third-order valence-corrected chi connectivity index (χ3v) is 3.23. The van der Waals surface area contributed by atoms with Crippen LogP contribution in [-0.2, 0) is 4.79 Å². The van der Waals surface area contributed by atoms with E-state index in [9.17, 15) is 4.79 Å². The van der Waals surface area contributed by atoms with Crippen molar-refractivity contribution in [1.29, 1.82) is 0 Å². The summed E-state index contributed by atoms with van der Waals surface area (Å²) < 4.78 is 4.96. The van der Waals surface area contributed by atoms with Crippen LogP contribution in [0.2, 0.25) is 5.15 Å². The Kier molecular flexibility index (Phi) is 4.93. The van der Waals surface area contributed by atoms with Gasteiger partial charge in [0.1, 0.15) is 5.15 Å². The van der Waals surface area contributed by atoms with Crippen LogP contribution >= 0.6 is 11.6 Å². The molecule has 1 amide bonds. The normalized spacial score (nSPS) is 15.5. The number of hydrogen-bond donors (Lipinski definition) is 2. The molecule has 104 valence electrons. The minimum atomic E-state index is -0.184. The lowest BCUT2D eigenvalue weighted by Gasteiger charge is -2.11.